The van der Waals surface area contributed by atoms with Gasteiger partial charge in [0, 0.05) is 5.56 Å². The van der Waals surface area contributed by atoms with E-state index in [1.165, 1.54) is 6.08 Å². The molecule has 0 atom stereocenters. The second-order valence-corrected chi connectivity index (χ2v) is 7.22. The van der Waals surface area contributed by atoms with Gasteiger partial charge in [0.15, 0.2) is 0 Å². The number of esters is 1. The molecule has 0 radical (unpaired) electrons. The number of hydrazine groups is 1. The normalized spacial score (nSPS) is 14.3. The Morgan fingerprint density at radius 3 is 2.36 bits per heavy atom. The highest BCUT2D eigenvalue weighted by atomic mass is 16.5. The van der Waals surface area contributed by atoms with E-state index in [4.69, 9.17) is 9.47 Å². The first kappa shape index (κ1) is 21.8. The first-order chi connectivity index (χ1) is 16.1. The standard InChI is InChI=1S/C26H22N2O5/c1-2-32-26(31)19-12-14-21(15-13-19)28-25(30)22(24(29)27-28)16-20-10-6-7-11-23(20)33-17-18-8-4-3-5-9-18/h3-16H,2,17H2,1H3,(H,27,29)/b22-16-. The first-order valence-electron chi connectivity index (χ1n) is 10.5. The lowest BCUT2D eigenvalue weighted by molar-refractivity contribution is -0.117. The second kappa shape index (κ2) is 9.82. The molecule has 1 N–H and O–H groups in total. The largest absolute Gasteiger partial charge is 0.488 e. The van der Waals surface area contributed by atoms with Gasteiger partial charge in [0.05, 0.1) is 17.9 Å². The third-order valence-corrected chi connectivity index (χ3v) is 4.98. The molecule has 0 spiro atoms. The summed E-state index contributed by atoms with van der Waals surface area (Å²) in [7, 11) is 0. The molecule has 0 saturated carbocycles. The molecule has 1 saturated heterocycles. The zero-order valence-corrected chi connectivity index (χ0v) is 18.0. The molecule has 33 heavy (non-hydrogen) atoms. The van der Waals surface area contributed by atoms with Gasteiger partial charge in [-0.15, -0.1) is 0 Å². The Kier molecular flexibility index (Phi) is 6.50. The highest BCUT2D eigenvalue weighted by Gasteiger charge is 2.34. The molecular weight excluding hydrogens is 420 g/mol. The summed E-state index contributed by atoms with van der Waals surface area (Å²) in [5.41, 5.74) is 4.96. The summed E-state index contributed by atoms with van der Waals surface area (Å²) >= 11 is 0. The van der Waals surface area contributed by atoms with Gasteiger partial charge in [-0.2, -0.15) is 0 Å². The molecule has 166 valence electrons. The number of carbonyl (C=O) groups excluding carboxylic acids is 3. The number of ether oxygens (including phenoxy) is 2. The van der Waals surface area contributed by atoms with E-state index < -0.39 is 17.8 Å². The minimum absolute atomic E-state index is 0.0137. The molecule has 0 bridgehead atoms. The van der Waals surface area contributed by atoms with Crippen molar-refractivity contribution in [2.75, 3.05) is 11.6 Å². The van der Waals surface area contributed by atoms with E-state index in [1.807, 2.05) is 42.5 Å². The Morgan fingerprint density at radius 2 is 1.64 bits per heavy atom. The molecular formula is C26H22N2O5. The average Bonchev–Trinajstić information content (AvgIpc) is 3.13. The van der Waals surface area contributed by atoms with E-state index >= 15 is 0 Å². The summed E-state index contributed by atoms with van der Waals surface area (Å²) in [6, 6.07) is 23.2. The van der Waals surface area contributed by atoms with Gasteiger partial charge in [-0.05, 0) is 48.9 Å². The number of nitrogens with one attached hydrogen (secondary N) is 1. The predicted molar refractivity (Wildman–Crippen MR) is 123 cm³/mol. The maximum absolute atomic E-state index is 13.0. The quantitative estimate of drug-likeness (QED) is 0.341. The van der Waals surface area contributed by atoms with Crippen LogP contribution in [0.1, 0.15) is 28.4 Å². The van der Waals surface area contributed by atoms with E-state index in [2.05, 4.69) is 5.43 Å². The Bertz CT molecular complexity index is 1200. The van der Waals surface area contributed by atoms with Crippen LogP contribution in [0.3, 0.4) is 0 Å². The highest BCUT2D eigenvalue weighted by Crippen LogP contribution is 2.26. The molecule has 0 aromatic heterocycles. The van der Waals surface area contributed by atoms with Crippen LogP contribution in [0.5, 0.6) is 5.75 Å². The second-order valence-electron chi connectivity index (χ2n) is 7.22. The fourth-order valence-corrected chi connectivity index (χ4v) is 3.32. The maximum atomic E-state index is 13.0. The Balaban J connectivity index is 1.53. The van der Waals surface area contributed by atoms with Gasteiger partial charge in [-0.3, -0.25) is 15.0 Å². The molecule has 1 fully saturated rings. The smallest absolute Gasteiger partial charge is 0.338 e. The monoisotopic (exact) mass is 442 g/mol. The number of hydrogen-bond donors (Lipinski definition) is 1. The third-order valence-electron chi connectivity index (χ3n) is 4.98. The van der Waals surface area contributed by atoms with Gasteiger partial charge in [0.1, 0.15) is 17.9 Å². The molecule has 1 aliphatic rings. The Morgan fingerprint density at radius 1 is 0.939 bits per heavy atom. The lowest BCUT2D eigenvalue weighted by atomic mass is 10.1. The van der Waals surface area contributed by atoms with Gasteiger partial charge in [0.2, 0.25) is 0 Å². The van der Waals surface area contributed by atoms with Crippen LogP contribution in [-0.2, 0) is 20.9 Å². The molecule has 3 aromatic carbocycles. The summed E-state index contributed by atoms with van der Waals surface area (Å²) in [4.78, 5) is 37.4. The van der Waals surface area contributed by atoms with Gasteiger partial charge in [-0.1, -0.05) is 48.5 Å². The molecule has 2 amide bonds. The van der Waals surface area contributed by atoms with Crippen LogP contribution in [0.25, 0.3) is 6.08 Å². The summed E-state index contributed by atoms with van der Waals surface area (Å²) in [6.45, 7) is 2.36. The number of carbonyl (C=O) groups is 3. The maximum Gasteiger partial charge on any atom is 0.338 e. The van der Waals surface area contributed by atoms with Crippen molar-refractivity contribution in [3.8, 4) is 5.75 Å². The number of para-hydroxylation sites is 1. The van der Waals surface area contributed by atoms with Gasteiger partial charge in [0.25, 0.3) is 11.8 Å². The third kappa shape index (κ3) is 4.93. The number of nitrogens with zero attached hydrogens (tertiary/aromatic N) is 1. The van der Waals surface area contributed by atoms with Crippen molar-refractivity contribution in [2.24, 2.45) is 0 Å². The van der Waals surface area contributed by atoms with Crippen LogP contribution in [0.4, 0.5) is 5.69 Å². The SMILES string of the molecule is CCOC(=O)c1ccc(N2NC(=O)/C(=C/c3ccccc3OCc3ccccc3)C2=O)cc1. The lowest BCUT2D eigenvalue weighted by Gasteiger charge is -2.15. The molecule has 4 rings (SSSR count). The molecule has 1 heterocycles. The predicted octanol–water partition coefficient (Wildman–Crippen LogP) is 3.90. The van der Waals surface area contributed by atoms with E-state index in [-0.39, 0.29) is 12.2 Å². The van der Waals surface area contributed by atoms with Crippen molar-refractivity contribution in [2.45, 2.75) is 13.5 Å². The van der Waals surface area contributed by atoms with E-state index in [9.17, 15) is 14.4 Å². The van der Waals surface area contributed by atoms with E-state index in [0.29, 0.717) is 29.2 Å². The zero-order chi connectivity index (χ0) is 23.2. The van der Waals surface area contributed by atoms with Gasteiger partial charge < -0.3 is 9.47 Å². The first-order valence-corrected chi connectivity index (χ1v) is 10.5. The fourth-order valence-electron chi connectivity index (χ4n) is 3.32. The molecule has 0 aliphatic carbocycles. The number of benzene rings is 3. The summed E-state index contributed by atoms with van der Waals surface area (Å²) < 4.78 is 10.9. The van der Waals surface area contributed by atoms with E-state index in [0.717, 1.165) is 10.6 Å². The summed E-state index contributed by atoms with van der Waals surface area (Å²) in [5.74, 6) is -0.908. The summed E-state index contributed by atoms with van der Waals surface area (Å²) in [6.07, 6.45) is 1.52. The van der Waals surface area contributed by atoms with Gasteiger partial charge >= 0.3 is 5.97 Å². The van der Waals surface area contributed by atoms with Crippen molar-refractivity contribution < 1.29 is 23.9 Å². The fraction of sp³-hybridized carbons (Fsp3) is 0.115. The van der Waals surface area contributed by atoms with E-state index in [1.54, 1.807) is 43.3 Å². The minimum atomic E-state index is -0.521. The van der Waals surface area contributed by atoms with Crippen LogP contribution in [0.2, 0.25) is 0 Å². The van der Waals surface area contributed by atoms with Crippen molar-refractivity contribution in [3.05, 3.63) is 101 Å². The van der Waals surface area contributed by atoms with Crippen LogP contribution >= 0.6 is 0 Å². The molecule has 1 aliphatic heterocycles. The Hall–Kier alpha value is -4.39. The number of amides is 2. The number of rotatable bonds is 7. The van der Waals surface area contributed by atoms with Crippen LogP contribution in [0, 0.1) is 0 Å². The molecule has 0 unspecified atom stereocenters. The minimum Gasteiger partial charge on any atom is -0.488 e. The molecule has 7 heteroatoms. The average molecular weight is 442 g/mol. The van der Waals surface area contributed by atoms with Crippen molar-refractivity contribution in [1.82, 2.24) is 5.43 Å². The molecule has 7 nitrogen and oxygen atoms in total. The number of hydrogen-bond acceptors (Lipinski definition) is 5. The van der Waals surface area contributed by atoms with Crippen molar-refractivity contribution >= 4 is 29.5 Å². The highest BCUT2D eigenvalue weighted by molar-refractivity contribution is 6.31. The number of anilines is 1. The topological polar surface area (TPSA) is 84.9 Å². The van der Waals surface area contributed by atoms with Crippen molar-refractivity contribution in [3.63, 3.8) is 0 Å². The van der Waals surface area contributed by atoms with Crippen LogP contribution in [-0.4, -0.2) is 24.4 Å². The Labute approximate surface area is 191 Å². The van der Waals surface area contributed by atoms with Crippen LogP contribution < -0.4 is 15.2 Å². The summed E-state index contributed by atoms with van der Waals surface area (Å²) in [5, 5.41) is 1.15. The van der Waals surface area contributed by atoms with Crippen molar-refractivity contribution in [1.29, 1.82) is 0 Å². The lowest BCUT2D eigenvalue weighted by Crippen LogP contribution is -2.35. The van der Waals surface area contributed by atoms with Crippen LogP contribution in [0.15, 0.2) is 84.4 Å². The van der Waals surface area contributed by atoms with Gasteiger partial charge in [-0.25, -0.2) is 9.80 Å². The zero-order valence-electron chi connectivity index (χ0n) is 18.0. The molecule has 3 aromatic rings.